The van der Waals surface area contributed by atoms with Gasteiger partial charge in [0.15, 0.2) is 12.4 Å². The molecule has 9 heteroatoms. The summed E-state index contributed by atoms with van der Waals surface area (Å²) in [7, 11) is 0. The number of rotatable bonds is 6. The van der Waals surface area contributed by atoms with Gasteiger partial charge in [0, 0.05) is 38.9 Å². The molecule has 0 unspecified atom stereocenters. The van der Waals surface area contributed by atoms with Crippen molar-refractivity contribution in [2.45, 2.75) is 19.5 Å². The molecular weight excluding hydrogens is 421 g/mol. The van der Waals surface area contributed by atoms with E-state index in [1.54, 1.807) is 17.2 Å². The number of benzene rings is 2. The average Bonchev–Trinajstić information content (AvgIpc) is 3.27. The van der Waals surface area contributed by atoms with Crippen molar-refractivity contribution in [3.8, 4) is 5.75 Å². The van der Waals surface area contributed by atoms with Crippen LogP contribution in [0.5, 0.6) is 5.75 Å². The van der Waals surface area contributed by atoms with Crippen molar-refractivity contribution in [2.75, 3.05) is 26.2 Å². The zero-order chi connectivity index (χ0) is 22.6. The molecule has 2 aromatic carbocycles. The molecule has 1 amide bonds. The molecule has 1 fully saturated rings. The third kappa shape index (κ3) is 5.47. The van der Waals surface area contributed by atoms with Crippen LogP contribution in [0.25, 0.3) is 0 Å². The maximum absolute atomic E-state index is 12.8. The quantitative estimate of drug-likeness (QED) is 0.579. The number of ether oxygens (including phenoxy) is 1. The van der Waals surface area contributed by atoms with Crippen LogP contribution in [0.1, 0.15) is 21.6 Å². The van der Waals surface area contributed by atoms with Crippen molar-refractivity contribution in [1.82, 2.24) is 19.6 Å². The van der Waals surface area contributed by atoms with Gasteiger partial charge in [-0.15, -0.1) is 0 Å². The predicted octanol–water partition coefficient (Wildman–Crippen LogP) is 3.90. The van der Waals surface area contributed by atoms with Gasteiger partial charge in [0.2, 0.25) is 0 Å². The van der Waals surface area contributed by atoms with Crippen LogP contribution < -0.4 is 4.74 Å². The first kappa shape index (κ1) is 21.9. The third-order valence-corrected chi connectivity index (χ3v) is 5.29. The fraction of sp³-hybridized carbons (Fsp3) is 0.304. The zero-order valence-corrected chi connectivity index (χ0v) is 17.3. The van der Waals surface area contributed by atoms with Gasteiger partial charge in [0.05, 0.1) is 5.56 Å². The summed E-state index contributed by atoms with van der Waals surface area (Å²) >= 11 is 0. The predicted molar refractivity (Wildman–Crippen MR) is 112 cm³/mol. The summed E-state index contributed by atoms with van der Waals surface area (Å²) in [4.78, 5) is 16.8. The number of carbonyl (C=O) groups excluding carboxylic acids is 1. The van der Waals surface area contributed by atoms with Crippen molar-refractivity contribution in [2.24, 2.45) is 0 Å². The molecular formula is C23H23F3N4O2. The van der Waals surface area contributed by atoms with E-state index in [-0.39, 0.29) is 24.1 Å². The minimum atomic E-state index is -4.43. The van der Waals surface area contributed by atoms with Crippen LogP contribution in [-0.2, 0) is 19.5 Å². The molecule has 1 saturated heterocycles. The molecule has 1 aromatic heterocycles. The highest BCUT2D eigenvalue weighted by molar-refractivity contribution is 5.92. The average molecular weight is 444 g/mol. The van der Waals surface area contributed by atoms with Gasteiger partial charge in [-0.05, 0) is 29.8 Å². The highest BCUT2D eigenvalue weighted by atomic mass is 19.4. The summed E-state index contributed by atoms with van der Waals surface area (Å²) in [5.74, 6) is -0.0834. The lowest BCUT2D eigenvalue weighted by molar-refractivity contribution is -0.137. The van der Waals surface area contributed by atoms with Crippen molar-refractivity contribution in [1.29, 1.82) is 0 Å². The third-order valence-electron chi connectivity index (χ3n) is 5.29. The normalized spacial score (nSPS) is 15.0. The van der Waals surface area contributed by atoms with Gasteiger partial charge in [-0.3, -0.25) is 9.69 Å². The van der Waals surface area contributed by atoms with Crippen molar-refractivity contribution in [3.05, 3.63) is 83.7 Å². The van der Waals surface area contributed by atoms with Gasteiger partial charge in [0.25, 0.3) is 5.91 Å². The van der Waals surface area contributed by atoms with E-state index in [1.165, 1.54) is 22.4 Å². The minimum Gasteiger partial charge on any atom is -0.471 e. The first-order chi connectivity index (χ1) is 15.4. The van der Waals surface area contributed by atoms with Crippen LogP contribution in [-0.4, -0.2) is 51.7 Å². The number of carbonyl (C=O) groups is 1. The van der Waals surface area contributed by atoms with E-state index in [2.05, 4.69) is 22.1 Å². The van der Waals surface area contributed by atoms with Crippen LogP contribution in [0.2, 0.25) is 0 Å². The van der Waals surface area contributed by atoms with Crippen molar-refractivity contribution >= 4 is 5.91 Å². The molecule has 0 saturated carbocycles. The summed E-state index contributed by atoms with van der Waals surface area (Å²) in [6.45, 7) is 3.53. The molecule has 32 heavy (non-hydrogen) atoms. The molecule has 2 heterocycles. The van der Waals surface area contributed by atoms with Gasteiger partial charge < -0.3 is 9.64 Å². The Morgan fingerprint density at radius 3 is 2.44 bits per heavy atom. The molecule has 0 spiro atoms. The Balaban J connectivity index is 1.29. The molecule has 168 valence electrons. The molecule has 0 radical (unpaired) electrons. The lowest BCUT2D eigenvalue weighted by atomic mass is 10.2. The van der Waals surface area contributed by atoms with Crippen LogP contribution in [0.3, 0.4) is 0 Å². The Bertz CT molecular complexity index is 1040. The van der Waals surface area contributed by atoms with E-state index in [1.807, 2.05) is 18.2 Å². The maximum atomic E-state index is 12.8. The summed E-state index contributed by atoms with van der Waals surface area (Å²) in [5.41, 5.74) is 0.749. The smallest absolute Gasteiger partial charge is 0.416 e. The largest absolute Gasteiger partial charge is 0.471 e. The summed E-state index contributed by atoms with van der Waals surface area (Å²) in [5, 5.41) is 4.22. The Morgan fingerprint density at radius 2 is 1.72 bits per heavy atom. The van der Waals surface area contributed by atoms with E-state index in [0.717, 1.165) is 31.8 Å². The number of nitrogens with zero attached hydrogens (tertiary/aromatic N) is 4. The number of hydrogen-bond donors (Lipinski definition) is 0. The highest BCUT2D eigenvalue weighted by Crippen LogP contribution is 2.31. The molecule has 0 N–H and O–H groups in total. The zero-order valence-electron chi connectivity index (χ0n) is 17.3. The van der Waals surface area contributed by atoms with Gasteiger partial charge in [-0.2, -0.15) is 18.3 Å². The van der Waals surface area contributed by atoms with Crippen molar-refractivity contribution in [3.63, 3.8) is 0 Å². The number of piperazine rings is 1. The van der Waals surface area contributed by atoms with Gasteiger partial charge >= 0.3 is 6.18 Å². The van der Waals surface area contributed by atoms with Gasteiger partial charge in [-0.1, -0.05) is 36.4 Å². The molecule has 0 aliphatic carbocycles. The SMILES string of the molecule is O=C(c1ccn(COc2cccc(C(F)(F)F)c2)n1)N1CCN(Cc2ccccc2)CC1. The van der Waals surface area contributed by atoms with Gasteiger partial charge in [-0.25, -0.2) is 4.68 Å². The second kappa shape index (κ2) is 9.44. The van der Waals surface area contributed by atoms with E-state index in [9.17, 15) is 18.0 Å². The lowest BCUT2D eigenvalue weighted by Crippen LogP contribution is -2.48. The number of aromatic nitrogens is 2. The summed E-state index contributed by atoms with van der Waals surface area (Å²) < 4.78 is 45.2. The minimum absolute atomic E-state index is 0.0812. The van der Waals surface area contributed by atoms with Crippen LogP contribution >= 0.6 is 0 Å². The lowest BCUT2D eigenvalue weighted by Gasteiger charge is -2.34. The Labute approximate surface area is 183 Å². The monoisotopic (exact) mass is 444 g/mol. The first-order valence-corrected chi connectivity index (χ1v) is 10.3. The topological polar surface area (TPSA) is 50.6 Å². The number of alkyl halides is 3. The molecule has 0 atom stereocenters. The second-order valence-corrected chi connectivity index (χ2v) is 7.59. The van der Waals surface area contributed by atoms with E-state index in [0.29, 0.717) is 13.1 Å². The molecule has 4 rings (SSSR count). The first-order valence-electron chi connectivity index (χ1n) is 10.3. The van der Waals surface area contributed by atoms with E-state index < -0.39 is 11.7 Å². The standard InChI is InChI=1S/C23H23F3N4O2/c24-23(25,26)19-7-4-8-20(15-19)32-17-30-10-9-21(27-30)22(31)29-13-11-28(12-14-29)16-18-5-2-1-3-6-18/h1-10,15H,11-14,16-17H2. The fourth-order valence-electron chi connectivity index (χ4n) is 3.56. The maximum Gasteiger partial charge on any atom is 0.416 e. The Morgan fingerprint density at radius 1 is 0.969 bits per heavy atom. The number of hydrogen-bond acceptors (Lipinski definition) is 4. The summed E-state index contributed by atoms with van der Waals surface area (Å²) in [6.07, 6.45) is -2.86. The molecule has 6 nitrogen and oxygen atoms in total. The number of amides is 1. The van der Waals surface area contributed by atoms with E-state index in [4.69, 9.17) is 4.74 Å². The van der Waals surface area contributed by atoms with Crippen LogP contribution in [0, 0.1) is 0 Å². The number of halogens is 3. The molecule has 1 aliphatic heterocycles. The molecule has 1 aliphatic rings. The second-order valence-electron chi connectivity index (χ2n) is 7.59. The van der Waals surface area contributed by atoms with Crippen LogP contribution in [0.4, 0.5) is 13.2 Å². The van der Waals surface area contributed by atoms with Gasteiger partial charge in [0.1, 0.15) is 5.75 Å². The molecule has 3 aromatic rings. The Kier molecular flexibility index (Phi) is 6.45. The summed E-state index contributed by atoms with van der Waals surface area (Å²) in [6, 6.07) is 16.4. The molecule has 0 bridgehead atoms. The van der Waals surface area contributed by atoms with E-state index >= 15 is 0 Å². The van der Waals surface area contributed by atoms with Crippen LogP contribution in [0.15, 0.2) is 66.9 Å². The Hall–Kier alpha value is -3.33. The van der Waals surface area contributed by atoms with Crippen molar-refractivity contribution < 1.29 is 22.7 Å². The highest BCUT2D eigenvalue weighted by Gasteiger charge is 2.30. The fourth-order valence-corrected chi connectivity index (χ4v) is 3.56.